The lowest BCUT2D eigenvalue weighted by Crippen LogP contribution is -2.25. The maximum atomic E-state index is 3.62. The molecule has 1 aromatic heterocycles. The SMILES string of the molecule is Cc1cc(CNC(C)CCc2ccccc2)sc1C. The largest absolute Gasteiger partial charge is 0.309 e. The smallest absolute Gasteiger partial charge is 0.0302 e. The van der Waals surface area contributed by atoms with Crippen LogP contribution in [0.4, 0.5) is 0 Å². The molecule has 0 aliphatic heterocycles. The molecule has 1 N–H and O–H groups in total. The van der Waals surface area contributed by atoms with Crippen LogP contribution in [0.5, 0.6) is 0 Å². The van der Waals surface area contributed by atoms with Crippen LogP contribution in [-0.2, 0) is 13.0 Å². The van der Waals surface area contributed by atoms with Crippen LogP contribution < -0.4 is 5.32 Å². The Labute approximate surface area is 120 Å². The molecular formula is C17H23NS. The molecule has 1 aromatic carbocycles. The zero-order valence-electron chi connectivity index (χ0n) is 12.1. The second-order valence-corrected chi connectivity index (χ2v) is 6.60. The molecule has 1 nitrogen and oxygen atoms in total. The minimum Gasteiger partial charge on any atom is -0.309 e. The Morgan fingerprint density at radius 3 is 2.53 bits per heavy atom. The van der Waals surface area contributed by atoms with Crippen LogP contribution in [0.2, 0.25) is 0 Å². The molecule has 0 aliphatic rings. The number of thiophene rings is 1. The molecule has 0 amide bonds. The highest BCUT2D eigenvalue weighted by atomic mass is 32.1. The molecule has 2 aromatic rings. The molecule has 102 valence electrons. The van der Waals surface area contributed by atoms with Crippen molar-refractivity contribution in [3.63, 3.8) is 0 Å². The molecule has 0 aliphatic carbocycles. The molecule has 2 rings (SSSR count). The molecule has 0 saturated heterocycles. The van der Waals surface area contributed by atoms with Gasteiger partial charge in [-0.3, -0.25) is 0 Å². The van der Waals surface area contributed by atoms with Gasteiger partial charge in [0, 0.05) is 22.3 Å². The standard InChI is InChI=1S/C17H23NS/c1-13-11-17(19-15(13)3)12-18-14(2)9-10-16-7-5-4-6-8-16/h4-8,11,14,18H,9-10,12H2,1-3H3. The first-order chi connectivity index (χ1) is 9.15. The van der Waals surface area contributed by atoms with Crippen LogP contribution >= 0.6 is 11.3 Å². The maximum absolute atomic E-state index is 3.62. The van der Waals surface area contributed by atoms with Crippen LogP contribution in [0.3, 0.4) is 0 Å². The monoisotopic (exact) mass is 273 g/mol. The maximum Gasteiger partial charge on any atom is 0.0302 e. The third-order valence-corrected chi connectivity index (χ3v) is 4.70. The first-order valence-electron chi connectivity index (χ1n) is 6.98. The summed E-state index contributed by atoms with van der Waals surface area (Å²) in [6.07, 6.45) is 2.34. The lowest BCUT2D eigenvalue weighted by Gasteiger charge is -2.13. The van der Waals surface area contributed by atoms with E-state index >= 15 is 0 Å². The molecule has 1 unspecified atom stereocenters. The quantitative estimate of drug-likeness (QED) is 0.818. The van der Waals surface area contributed by atoms with Crippen molar-refractivity contribution in [2.75, 3.05) is 0 Å². The molecule has 0 fully saturated rings. The highest BCUT2D eigenvalue weighted by molar-refractivity contribution is 7.12. The Morgan fingerprint density at radius 1 is 1.16 bits per heavy atom. The Hall–Kier alpha value is -1.12. The molecule has 1 atom stereocenters. The van der Waals surface area contributed by atoms with Gasteiger partial charge in [-0.1, -0.05) is 30.3 Å². The summed E-state index contributed by atoms with van der Waals surface area (Å²) in [4.78, 5) is 2.88. The van der Waals surface area contributed by atoms with E-state index in [0.717, 1.165) is 13.0 Å². The Balaban J connectivity index is 1.74. The summed E-state index contributed by atoms with van der Waals surface area (Å²) < 4.78 is 0. The summed E-state index contributed by atoms with van der Waals surface area (Å²) in [5, 5.41) is 3.62. The first-order valence-corrected chi connectivity index (χ1v) is 7.80. The van der Waals surface area contributed by atoms with Crippen LogP contribution in [0.1, 0.15) is 34.2 Å². The first kappa shape index (κ1) is 14.3. The molecule has 0 radical (unpaired) electrons. The van der Waals surface area contributed by atoms with Crippen molar-refractivity contribution in [1.29, 1.82) is 0 Å². The molecular weight excluding hydrogens is 250 g/mol. The number of rotatable bonds is 6. The molecule has 0 spiro atoms. The van der Waals surface area contributed by atoms with E-state index in [0.29, 0.717) is 6.04 Å². The number of aryl methyl sites for hydroxylation is 3. The topological polar surface area (TPSA) is 12.0 Å². The van der Waals surface area contributed by atoms with Crippen molar-refractivity contribution in [1.82, 2.24) is 5.32 Å². The number of hydrogen-bond acceptors (Lipinski definition) is 2. The van der Waals surface area contributed by atoms with Crippen LogP contribution in [0, 0.1) is 13.8 Å². The van der Waals surface area contributed by atoms with Crippen molar-refractivity contribution in [3.05, 3.63) is 57.3 Å². The summed E-state index contributed by atoms with van der Waals surface area (Å²) in [5.41, 5.74) is 2.85. The van der Waals surface area contributed by atoms with Crippen LogP contribution in [0.15, 0.2) is 36.4 Å². The van der Waals surface area contributed by atoms with Crippen molar-refractivity contribution in [2.24, 2.45) is 0 Å². The molecule has 0 bridgehead atoms. The van der Waals surface area contributed by atoms with E-state index in [9.17, 15) is 0 Å². The van der Waals surface area contributed by atoms with Crippen molar-refractivity contribution in [3.8, 4) is 0 Å². The number of benzene rings is 1. The van der Waals surface area contributed by atoms with Gasteiger partial charge in [0.2, 0.25) is 0 Å². The molecule has 19 heavy (non-hydrogen) atoms. The van der Waals surface area contributed by atoms with Crippen molar-refractivity contribution in [2.45, 2.75) is 46.2 Å². The summed E-state index contributed by atoms with van der Waals surface area (Å²) >= 11 is 1.91. The van der Waals surface area contributed by atoms with Crippen LogP contribution in [-0.4, -0.2) is 6.04 Å². The minimum atomic E-state index is 0.558. The zero-order valence-corrected chi connectivity index (χ0v) is 12.9. The minimum absolute atomic E-state index is 0.558. The van der Waals surface area contributed by atoms with E-state index < -0.39 is 0 Å². The third kappa shape index (κ3) is 4.48. The second-order valence-electron chi connectivity index (χ2n) is 5.26. The normalized spacial score (nSPS) is 12.6. The van der Waals surface area contributed by atoms with Gasteiger partial charge in [-0.05, 0) is 50.8 Å². The Kier molecular flexibility index (Phi) is 5.17. The van der Waals surface area contributed by atoms with Gasteiger partial charge < -0.3 is 5.32 Å². The van der Waals surface area contributed by atoms with Gasteiger partial charge in [0.1, 0.15) is 0 Å². The fourth-order valence-corrected chi connectivity index (χ4v) is 3.15. The van der Waals surface area contributed by atoms with Gasteiger partial charge in [-0.25, -0.2) is 0 Å². The van der Waals surface area contributed by atoms with Crippen LogP contribution in [0.25, 0.3) is 0 Å². The zero-order chi connectivity index (χ0) is 13.7. The summed E-state index contributed by atoms with van der Waals surface area (Å²) in [6.45, 7) is 7.65. The molecule has 0 saturated carbocycles. The summed E-state index contributed by atoms with van der Waals surface area (Å²) in [7, 11) is 0. The molecule has 1 heterocycles. The second kappa shape index (κ2) is 6.88. The fourth-order valence-electron chi connectivity index (χ4n) is 2.14. The fraction of sp³-hybridized carbons (Fsp3) is 0.412. The predicted octanol–water partition coefficient (Wildman–Crippen LogP) is 4.48. The number of nitrogens with one attached hydrogen (secondary N) is 1. The van der Waals surface area contributed by atoms with E-state index in [1.54, 1.807) is 0 Å². The highest BCUT2D eigenvalue weighted by Gasteiger charge is 2.05. The van der Waals surface area contributed by atoms with Gasteiger partial charge in [0.25, 0.3) is 0 Å². The van der Waals surface area contributed by atoms with Gasteiger partial charge in [-0.2, -0.15) is 0 Å². The van der Waals surface area contributed by atoms with Gasteiger partial charge in [-0.15, -0.1) is 11.3 Å². The third-order valence-electron chi connectivity index (χ3n) is 3.55. The Morgan fingerprint density at radius 2 is 1.89 bits per heavy atom. The van der Waals surface area contributed by atoms with Crippen molar-refractivity contribution < 1.29 is 0 Å². The van der Waals surface area contributed by atoms with Crippen molar-refractivity contribution >= 4 is 11.3 Å². The predicted molar refractivity (Wildman–Crippen MR) is 84.9 cm³/mol. The molecule has 2 heteroatoms. The lowest BCUT2D eigenvalue weighted by atomic mass is 10.1. The van der Waals surface area contributed by atoms with E-state index in [1.165, 1.54) is 27.3 Å². The van der Waals surface area contributed by atoms with Gasteiger partial charge >= 0.3 is 0 Å². The highest BCUT2D eigenvalue weighted by Crippen LogP contribution is 2.20. The van der Waals surface area contributed by atoms with Gasteiger partial charge in [0.05, 0.1) is 0 Å². The number of hydrogen-bond donors (Lipinski definition) is 1. The van der Waals surface area contributed by atoms with E-state index in [2.05, 4.69) is 62.5 Å². The van der Waals surface area contributed by atoms with Gasteiger partial charge in [0.15, 0.2) is 0 Å². The Bertz CT molecular complexity index is 482. The lowest BCUT2D eigenvalue weighted by molar-refractivity contribution is 0.516. The average molecular weight is 273 g/mol. The summed E-state index contributed by atoms with van der Waals surface area (Å²) in [5.74, 6) is 0. The average Bonchev–Trinajstić information content (AvgIpc) is 2.74. The summed E-state index contributed by atoms with van der Waals surface area (Å²) in [6, 6.07) is 13.6. The van der Waals surface area contributed by atoms with E-state index in [1.807, 2.05) is 11.3 Å². The van der Waals surface area contributed by atoms with E-state index in [4.69, 9.17) is 0 Å². The van der Waals surface area contributed by atoms with E-state index in [-0.39, 0.29) is 0 Å².